The lowest BCUT2D eigenvalue weighted by Gasteiger charge is -2.22. The summed E-state index contributed by atoms with van der Waals surface area (Å²) in [6.45, 7) is 4.10. The second-order valence-electron chi connectivity index (χ2n) is 6.11. The molecule has 1 atom stereocenters. The van der Waals surface area contributed by atoms with E-state index in [9.17, 15) is 9.59 Å². The van der Waals surface area contributed by atoms with Gasteiger partial charge in [-0.05, 0) is 37.5 Å². The molecule has 2 fully saturated rings. The Bertz CT molecular complexity index is 594. The first kappa shape index (κ1) is 14.9. The minimum Gasteiger partial charge on any atom is -0.495 e. The number of rotatable bonds is 3. The predicted octanol–water partition coefficient (Wildman–Crippen LogP) is 1.98. The molecule has 0 bridgehead atoms. The Kier molecular flexibility index (Phi) is 4.05. The van der Waals surface area contributed by atoms with Crippen LogP contribution in [0.2, 0.25) is 0 Å². The summed E-state index contributed by atoms with van der Waals surface area (Å²) in [4.78, 5) is 28.5. The first-order chi connectivity index (χ1) is 10.6. The maximum atomic E-state index is 12.5. The van der Waals surface area contributed by atoms with E-state index in [4.69, 9.17) is 4.74 Å². The van der Waals surface area contributed by atoms with Gasteiger partial charge in [0.1, 0.15) is 5.75 Å². The van der Waals surface area contributed by atoms with E-state index >= 15 is 0 Å². The fourth-order valence-electron chi connectivity index (χ4n) is 3.31. The molecule has 0 radical (unpaired) electrons. The molecule has 5 heteroatoms. The number of methoxy groups -OCH3 is 1. The minimum atomic E-state index is -0.226. The van der Waals surface area contributed by atoms with Crippen molar-refractivity contribution >= 4 is 17.5 Å². The van der Waals surface area contributed by atoms with Crippen LogP contribution in [-0.2, 0) is 9.59 Å². The quantitative estimate of drug-likeness (QED) is 0.858. The molecule has 0 spiro atoms. The van der Waals surface area contributed by atoms with Crippen LogP contribution in [0.25, 0.3) is 0 Å². The summed E-state index contributed by atoms with van der Waals surface area (Å²) < 4.78 is 5.37. The smallest absolute Gasteiger partial charge is 0.228 e. The van der Waals surface area contributed by atoms with Crippen molar-refractivity contribution in [3.63, 3.8) is 0 Å². The number of carbonyl (C=O) groups excluding carboxylic acids is 2. The SMILES string of the molecule is COc1ccc(C)cc1N1C[C@H](C(=O)N2CCCC2)CC1=O. The summed E-state index contributed by atoms with van der Waals surface area (Å²) in [5.74, 6) is 0.574. The van der Waals surface area contributed by atoms with Crippen LogP contribution in [0, 0.1) is 12.8 Å². The summed E-state index contributed by atoms with van der Waals surface area (Å²) in [6, 6.07) is 5.77. The van der Waals surface area contributed by atoms with Crippen molar-refractivity contribution in [2.75, 3.05) is 31.6 Å². The van der Waals surface area contributed by atoms with Gasteiger partial charge in [0.25, 0.3) is 0 Å². The molecule has 1 aromatic carbocycles. The van der Waals surface area contributed by atoms with E-state index in [1.807, 2.05) is 30.0 Å². The molecule has 118 valence electrons. The van der Waals surface area contributed by atoms with Crippen LogP contribution in [0.15, 0.2) is 18.2 Å². The number of anilines is 1. The highest BCUT2D eigenvalue weighted by atomic mass is 16.5. The molecule has 0 unspecified atom stereocenters. The molecule has 2 aliphatic rings. The highest BCUT2D eigenvalue weighted by Crippen LogP contribution is 2.34. The van der Waals surface area contributed by atoms with Crippen molar-refractivity contribution < 1.29 is 14.3 Å². The lowest BCUT2D eigenvalue weighted by Crippen LogP contribution is -2.35. The third-order valence-corrected chi connectivity index (χ3v) is 4.52. The lowest BCUT2D eigenvalue weighted by atomic mass is 10.1. The second kappa shape index (κ2) is 5.99. The molecule has 3 rings (SSSR count). The third-order valence-electron chi connectivity index (χ3n) is 4.52. The van der Waals surface area contributed by atoms with E-state index in [1.165, 1.54) is 0 Å². The molecule has 0 saturated carbocycles. The summed E-state index contributed by atoms with van der Waals surface area (Å²) in [7, 11) is 1.60. The molecule has 2 heterocycles. The van der Waals surface area contributed by atoms with Crippen LogP contribution < -0.4 is 9.64 Å². The molecule has 2 saturated heterocycles. The van der Waals surface area contributed by atoms with Gasteiger partial charge < -0.3 is 14.5 Å². The van der Waals surface area contributed by atoms with Gasteiger partial charge >= 0.3 is 0 Å². The van der Waals surface area contributed by atoms with Crippen molar-refractivity contribution in [2.24, 2.45) is 5.92 Å². The second-order valence-corrected chi connectivity index (χ2v) is 6.11. The first-order valence-electron chi connectivity index (χ1n) is 7.84. The Hall–Kier alpha value is -2.04. The zero-order valence-electron chi connectivity index (χ0n) is 13.2. The Morgan fingerprint density at radius 1 is 1.27 bits per heavy atom. The fraction of sp³-hybridized carbons (Fsp3) is 0.529. The zero-order chi connectivity index (χ0) is 15.7. The monoisotopic (exact) mass is 302 g/mol. The van der Waals surface area contributed by atoms with Gasteiger partial charge in [-0.1, -0.05) is 6.07 Å². The molecule has 0 aliphatic carbocycles. The number of likely N-dealkylation sites (tertiary alicyclic amines) is 1. The number of hydrogen-bond acceptors (Lipinski definition) is 3. The maximum Gasteiger partial charge on any atom is 0.228 e. The number of hydrogen-bond donors (Lipinski definition) is 0. The van der Waals surface area contributed by atoms with Gasteiger partial charge in [0.2, 0.25) is 11.8 Å². The van der Waals surface area contributed by atoms with Gasteiger partial charge in [0, 0.05) is 26.1 Å². The molecule has 1 aromatic rings. The Morgan fingerprint density at radius 3 is 2.68 bits per heavy atom. The highest BCUT2D eigenvalue weighted by molar-refractivity contribution is 6.01. The molecule has 5 nitrogen and oxygen atoms in total. The van der Waals surface area contributed by atoms with E-state index in [0.29, 0.717) is 18.7 Å². The summed E-state index contributed by atoms with van der Waals surface area (Å²) >= 11 is 0. The zero-order valence-corrected chi connectivity index (χ0v) is 13.2. The predicted molar refractivity (Wildman–Crippen MR) is 84.0 cm³/mol. The van der Waals surface area contributed by atoms with E-state index in [0.717, 1.165) is 37.2 Å². The van der Waals surface area contributed by atoms with Crippen molar-refractivity contribution in [2.45, 2.75) is 26.2 Å². The van der Waals surface area contributed by atoms with E-state index in [-0.39, 0.29) is 17.7 Å². The van der Waals surface area contributed by atoms with Crippen LogP contribution in [0.1, 0.15) is 24.8 Å². The number of ether oxygens (including phenoxy) is 1. The number of amides is 2. The number of nitrogens with zero attached hydrogens (tertiary/aromatic N) is 2. The van der Waals surface area contributed by atoms with Crippen LogP contribution in [0.5, 0.6) is 5.75 Å². The van der Waals surface area contributed by atoms with Gasteiger partial charge in [-0.3, -0.25) is 9.59 Å². The van der Waals surface area contributed by atoms with Crippen molar-refractivity contribution in [1.29, 1.82) is 0 Å². The molecular formula is C17H22N2O3. The molecule has 22 heavy (non-hydrogen) atoms. The van der Waals surface area contributed by atoms with Gasteiger partial charge in [0.05, 0.1) is 18.7 Å². The van der Waals surface area contributed by atoms with Crippen LogP contribution in [0.3, 0.4) is 0 Å². The molecule has 2 amide bonds. The van der Waals surface area contributed by atoms with Crippen LogP contribution >= 0.6 is 0 Å². The summed E-state index contributed by atoms with van der Waals surface area (Å²) in [5.41, 5.74) is 1.84. The van der Waals surface area contributed by atoms with Crippen LogP contribution in [0.4, 0.5) is 5.69 Å². The molecule has 0 N–H and O–H groups in total. The van der Waals surface area contributed by atoms with Crippen molar-refractivity contribution in [1.82, 2.24) is 4.90 Å². The van der Waals surface area contributed by atoms with Crippen LogP contribution in [-0.4, -0.2) is 43.5 Å². The first-order valence-corrected chi connectivity index (χ1v) is 7.84. The molecular weight excluding hydrogens is 280 g/mol. The minimum absolute atomic E-state index is 0.00134. The number of aryl methyl sites for hydroxylation is 1. The normalized spacial score (nSPS) is 21.5. The Morgan fingerprint density at radius 2 is 2.00 bits per heavy atom. The van der Waals surface area contributed by atoms with E-state index in [1.54, 1.807) is 12.0 Å². The van der Waals surface area contributed by atoms with Crippen molar-refractivity contribution in [3.8, 4) is 5.75 Å². The third kappa shape index (κ3) is 2.67. The lowest BCUT2D eigenvalue weighted by molar-refractivity contribution is -0.134. The van der Waals surface area contributed by atoms with Gasteiger partial charge in [0.15, 0.2) is 0 Å². The van der Waals surface area contributed by atoms with E-state index < -0.39 is 0 Å². The topological polar surface area (TPSA) is 49.9 Å². The average molecular weight is 302 g/mol. The standard InChI is InChI=1S/C17H22N2O3/c1-12-5-6-15(22-2)14(9-12)19-11-13(10-16(19)20)17(21)18-7-3-4-8-18/h5-6,9,13H,3-4,7-8,10-11H2,1-2H3/t13-/m1/s1. The van der Waals surface area contributed by atoms with E-state index in [2.05, 4.69) is 0 Å². The summed E-state index contributed by atoms with van der Waals surface area (Å²) in [5, 5.41) is 0. The molecule has 2 aliphatic heterocycles. The van der Waals surface area contributed by atoms with Gasteiger partial charge in [-0.25, -0.2) is 0 Å². The Labute approximate surface area is 130 Å². The maximum absolute atomic E-state index is 12.5. The number of benzene rings is 1. The largest absolute Gasteiger partial charge is 0.495 e. The molecule has 0 aromatic heterocycles. The average Bonchev–Trinajstić information content (AvgIpc) is 3.16. The highest BCUT2D eigenvalue weighted by Gasteiger charge is 2.38. The van der Waals surface area contributed by atoms with Crippen molar-refractivity contribution in [3.05, 3.63) is 23.8 Å². The van der Waals surface area contributed by atoms with Gasteiger partial charge in [-0.15, -0.1) is 0 Å². The van der Waals surface area contributed by atoms with Gasteiger partial charge in [-0.2, -0.15) is 0 Å². The number of carbonyl (C=O) groups is 2. The fourth-order valence-corrected chi connectivity index (χ4v) is 3.31. The Balaban J connectivity index is 1.80. The summed E-state index contributed by atoms with van der Waals surface area (Å²) in [6.07, 6.45) is 2.44.